The lowest BCUT2D eigenvalue weighted by Crippen LogP contribution is -2.19. The normalized spacial score (nSPS) is 11.2. The van der Waals surface area contributed by atoms with Crippen LogP contribution in [0.25, 0.3) is 11.0 Å². The molecule has 2 aromatic carbocycles. The van der Waals surface area contributed by atoms with Crippen LogP contribution in [0.2, 0.25) is 0 Å². The average molecular weight is 397 g/mol. The van der Waals surface area contributed by atoms with Crippen LogP contribution >= 0.6 is 0 Å². The Balaban J connectivity index is 1.85. The van der Waals surface area contributed by atoms with Crippen LogP contribution in [0.1, 0.15) is 30.0 Å². The van der Waals surface area contributed by atoms with Crippen LogP contribution in [0.4, 0.5) is 0 Å². The molecule has 0 saturated carbocycles. The van der Waals surface area contributed by atoms with Gasteiger partial charge in [-0.05, 0) is 33.5 Å². The SMILES string of the molecule is CC(C)Oc1cc(OCc2ccccc2)c2cc(C(=O)OCCN(C)C)oc2c1. The second kappa shape index (κ2) is 9.47. The Bertz CT molecular complexity index is 947. The first-order chi connectivity index (χ1) is 13.9. The molecule has 154 valence electrons. The molecule has 0 amide bonds. The highest BCUT2D eigenvalue weighted by molar-refractivity contribution is 5.95. The van der Waals surface area contributed by atoms with Gasteiger partial charge in [0.2, 0.25) is 5.76 Å². The van der Waals surface area contributed by atoms with Crippen LogP contribution in [-0.4, -0.2) is 44.2 Å². The standard InChI is InChI=1S/C23H27NO5/c1-16(2)28-18-12-20(27-15-17-8-6-5-7-9-17)19-14-22(29-21(19)13-18)23(25)26-11-10-24(3)4/h5-9,12-14,16H,10-11,15H2,1-4H3. The molecule has 3 rings (SSSR count). The molecule has 0 unspecified atom stereocenters. The van der Waals surface area contributed by atoms with Gasteiger partial charge < -0.3 is 23.5 Å². The van der Waals surface area contributed by atoms with E-state index in [1.807, 2.05) is 69.2 Å². The van der Waals surface area contributed by atoms with Crippen molar-refractivity contribution < 1.29 is 23.4 Å². The number of furan rings is 1. The molecule has 0 aliphatic heterocycles. The van der Waals surface area contributed by atoms with E-state index in [1.165, 1.54) is 0 Å². The number of esters is 1. The number of nitrogens with zero attached hydrogens (tertiary/aromatic N) is 1. The quantitative estimate of drug-likeness (QED) is 0.495. The van der Waals surface area contributed by atoms with Crippen molar-refractivity contribution in [3.63, 3.8) is 0 Å². The van der Waals surface area contributed by atoms with Crippen LogP contribution in [0.5, 0.6) is 11.5 Å². The van der Waals surface area contributed by atoms with Crippen LogP contribution in [0, 0.1) is 0 Å². The fourth-order valence-corrected chi connectivity index (χ4v) is 2.77. The fourth-order valence-electron chi connectivity index (χ4n) is 2.77. The Morgan fingerprint density at radius 1 is 1.10 bits per heavy atom. The maximum absolute atomic E-state index is 12.3. The van der Waals surface area contributed by atoms with Crippen molar-refractivity contribution >= 4 is 16.9 Å². The van der Waals surface area contributed by atoms with Gasteiger partial charge in [-0.1, -0.05) is 30.3 Å². The highest BCUT2D eigenvalue weighted by Gasteiger charge is 2.18. The largest absolute Gasteiger partial charge is 0.491 e. The van der Waals surface area contributed by atoms with Gasteiger partial charge in [-0.15, -0.1) is 0 Å². The third kappa shape index (κ3) is 5.74. The zero-order chi connectivity index (χ0) is 20.8. The summed E-state index contributed by atoms with van der Waals surface area (Å²) in [6.07, 6.45) is -0.000134. The lowest BCUT2D eigenvalue weighted by Gasteiger charge is -2.12. The molecule has 0 atom stereocenters. The van der Waals surface area contributed by atoms with Gasteiger partial charge in [0.05, 0.1) is 11.5 Å². The van der Waals surface area contributed by atoms with E-state index in [0.717, 1.165) is 5.56 Å². The van der Waals surface area contributed by atoms with Crippen molar-refractivity contribution in [1.82, 2.24) is 4.90 Å². The van der Waals surface area contributed by atoms with Crippen molar-refractivity contribution in [2.75, 3.05) is 27.2 Å². The highest BCUT2D eigenvalue weighted by atomic mass is 16.5. The third-order valence-corrected chi connectivity index (χ3v) is 4.15. The van der Waals surface area contributed by atoms with Gasteiger partial charge in [0.15, 0.2) is 0 Å². The Morgan fingerprint density at radius 3 is 2.55 bits per heavy atom. The summed E-state index contributed by atoms with van der Waals surface area (Å²) in [5, 5.41) is 0.705. The molecule has 1 aromatic heterocycles. The van der Waals surface area contributed by atoms with Gasteiger partial charge in [0.25, 0.3) is 0 Å². The van der Waals surface area contributed by atoms with Crippen molar-refractivity contribution in [3.05, 3.63) is 59.9 Å². The van der Waals surface area contributed by atoms with Gasteiger partial charge in [0.1, 0.15) is 30.3 Å². The number of ether oxygens (including phenoxy) is 3. The molecule has 0 fully saturated rings. The number of benzene rings is 2. The number of carbonyl (C=O) groups is 1. The monoisotopic (exact) mass is 397 g/mol. The van der Waals surface area contributed by atoms with E-state index < -0.39 is 5.97 Å². The molecule has 0 aliphatic rings. The molecule has 3 aromatic rings. The van der Waals surface area contributed by atoms with E-state index in [1.54, 1.807) is 12.1 Å². The summed E-state index contributed by atoms with van der Waals surface area (Å²) >= 11 is 0. The van der Waals surface area contributed by atoms with Gasteiger partial charge in [0, 0.05) is 24.7 Å². The second-order valence-electron chi connectivity index (χ2n) is 7.32. The lowest BCUT2D eigenvalue weighted by molar-refractivity contribution is 0.0448. The highest BCUT2D eigenvalue weighted by Crippen LogP contribution is 2.35. The number of fused-ring (bicyclic) bond motifs is 1. The lowest BCUT2D eigenvalue weighted by atomic mass is 10.2. The fraction of sp³-hybridized carbons (Fsp3) is 0.348. The predicted octanol–water partition coefficient (Wildman–Crippen LogP) is 4.52. The first kappa shape index (κ1) is 20.7. The maximum Gasteiger partial charge on any atom is 0.374 e. The first-order valence-corrected chi connectivity index (χ1v) is 9.65. The molecule has 0 N–H and O–H groups in total. The molecular formula is C23H27NO5. The van der Waals surface area contributed by atoms with E-state index in [-0.39, 0.29) is 11.9 Å². The zero-order valence-corrected chi connectivity index (χ0v) is 17.3. The zero-order valence-electron chi connectivity index (χ0n) is 17.3. The Hall–Kier alpha value is -2.99. The molecule has 0 radical (unpaired) electrons. The minimum Gasteiger partial charge on any atom is -0.491 e. The molecule has 0 saturated heterocycles. The van der Waals surface area contributed by atoms with E-state index in [2.05, 4.69) is 0 Å². The number of carbonyl (C=O) groups excluding carboxylic acids is 1. The molecule has 29 heavy (non-hydrogen) atoms. The van der Waals surface area contributed by atoms with Crippen LogP contribution in [-0.2, 0) is 11.3 Å². The minimum absolute atomic E-state index is 0.000134. The van der Waals surface area contributed by atoms with Gasteiger partial charge in [-0.3, -0.25) is 0 Å². The summed E-state index contributed by atoms with van der Waals surface area (Å²) in [4.78, 5) is 14.3. The smallest absolute Gasteiger partial charge is 0.374 e. The van der Waals surface area contributed by atoms with E-state index in [9.17, 15) is 4.79 Å². The van der Waals surface area contributed by atoms with Crippen molar-refractivity contribution in [2.45, 2.75) is 26.6 Å². The molecule has 1 heterocycles. The minimum atomic E-state index is -0.497. The summed E-state index contributed by atoms with van der Waals surface area (Å²) in [5.41, 5.74) is 1.56. The van der Waals surface area contributed by atoms with E-state index >= 15 is 0 Å². The molecule has 0 spiro atoms. The molecule has 0 bridgehead atoms. The number of likely N-dealkylation sites (N-methyl/N-ethyl adjacent to an activating group) is 1. The van der Waals surface area contributed by atoms with Crippen molar-refractivity contribution in [1.29, 1.82) is 0 Å². The third-order valence-electron chi connectivity index (χ3n) is 4.15. The molecular weight excluding hydrogens is 370 g/mol. The number of hydrogen-bond acceptors (Lipinski definition) is 6. The van der Waals surface area contributed by atoms with Crippen molar-refractivity contribution in [2.24, 2.45) is 0 Å². The van der Waals surface area contributed by atoms with Gasteiger partial charge in [-0.25, -0.2) is 4.79 Å². The Kier molecular flexibility index (Phi) is 6.77. The van der Waals surface area contributed by atoms with Gasteiger partial charge >= 0.3 is 5.97 Å². The predicted molar refractivity (Wildman–Crippen MR) is 112 cm³/mol. The summed E-state index contributed by atoms with van der Waals surface area (Å²) < 4.78 is 22.9. The van der Waals surface area contributed by atoms with E-state index in [0.29, 0.717) is 42.2 Å². The van der Waals surface area contributed by atoms with Crippen LogP contribution in [0.3, 0.4) is 0 Å². The topological polar surface area (TPSA) is 61.1 Å². The van der Waals surface area contributed by atoms with Crippen LogP contribution < -0.4 is 9.47 Å². The summed E-state index contributed by atoms with van der Waals surface area (Å²) in [6, 6.07) is 15.1. The summed E-state index contributed by atoms with van der Waals surface area (Å²) in [5.74, 6) is 0.865. The average Bonchev–Trinajstić information content (AvgIpc) is 3.10. The summed E-state index contributed by atoms with van der Waals surface area (Å²) in [6.45, 7) is 5.23. The Labute approximate surface area is 171 Å². The second-order valence-corrected chi connectivity index (χ2v) is 7.32. The van der Waals surface area contributed by atoms with Gasteiger partial charge in [-0.2, -0.15) is 0 Å². The first-order valence-electron chi connectivity index (χ1n) is 9.65. The van der Waals surface area contributed by atoms with E-state index in [4.69, 9.17) is 18.6 Å². The molecule has 6 heteroatoms. The van der Waals surface area contributed by atoms with Crippen molar-refractivity contribution in [3.8, 4) is 11.5 Å². The molecule has 0 aliphatic carbocycles. The summed E-state index contributed by atoms with van der Waals surface area (Å²) in [7, 11) is 3.84. The van der Waals surface area contributed by atoms with Crippen LogP contribution in [0.15, 0.2) is 52.9 Å². The number of rotatable bonds is 9. The Morgan fingerprint density at radius 2 is 1.86 bits per heavy atom. The molecule has 6 nitrogen and oxygen atoms in total. The maximum atomic E-state index is 12.3. The number of hydrogen-bond donors (Lipinski definition) is 0.